The van der Waals surface area contributed by atoms with Gasteiger partial charge in [0.2, 0.25) is 0 Å². The molecule has 0 saturated heterocycles. The number of hydrogen-bond acceptors (Lipinski definition) is 2. The highest BCUT2D eigenvalue weighted by molar-refractivity contribution is 5.81. The average molecular weight is 175 g/mol. The normalized spacial score (nSPS) is 26.4. The zero-order valence-electron chi connectivity index (χ0n) is 7.95. The molecule has 0 saturated carbocycles. The van der Waals surface area contributed by atoms with Crippen molar-refractivity contribution < 1.29 is 4.79 Å². The Kier molecular flexibility index (Phi) is 3.02. The maximum atomic E-state index is 11.2. The summed E-state index contributed by atoms with van der Waals surface area (Å²) in [5.74, 6) is 0.322. The van der Waals surface area contributed by atoms with E-state index in [4.69, 9.17) is 5.26 Å². The Morgan fingerprint density at radius 1 is 1.69 bits per heavy atom. The molecular weight excluding hydrogens is 162 g/mol. The van der Waals surface area contributed by atoms with Crippen LogP contribution in [0.2, 0.25) is 0 Å². The van der Waals surface area contributed by atoms with Crippen LogP contribution in [0.1, 0.15) is 20.3 Å². The van der Waals surface area contributed by atoms with Gasteiger partial charge in [0.25, 0.3) is 0 Å². The van der Waals surface area contributed by atoms with Crippen LogP contribution in [0, 0.1) is 23.2 Å². The molecule has 2 unspecified atom stereocenters. The van der Waals surface area contributed by atoms with Gasteiger partial charge in [0, 0.05) is 11.5 Å². The first-order valence-corrected chi connectivity index (χ1v) is 4.49. The number of allylic oxidation sites excluding steroid dienone is 4. The molecule has 0 spiro atoms. The molecule has 0 amide bonds. The van der Waals surface area contributed by atoms with Crippen LogP contribution in [0.3, 0.4) is 0 Å². The molecule has 2 nitrogen and oxygen atoms in total. The predicted molar refractivity (Wildman–Crippen MR) is 50.8 cm³/mol. The van der Waals surface area contributed by atoms with Gasteiger partial charge in [-0.2, -0.15) is 5.26 Å². The van der Waals surface area contributed by atoms with E-state index in [1.54, 1.807) is 19.1 Å². The minimum Gasteiger partial charge on any atom is -0.299 e. The molecule has 1 rings (SSSR count). The number of Topliss-reactive ketones (excluding diaryl/α,β-unsaturated/α-hetero) is 1. The molecule has 68 valence electrons. The average Bonchev–Trinajstić information content (AvgIpc) is 2.16. The summed E-state index contributed by atoms with van der Waals surface area (Å²) in [6.07, 6.45) is 6.48. The minimum atomic E-state index is -0.0929. The fourth-order valence-corrected chi connectivity index (χ4v) is 1.60. The maximum absolute atomic E-state index is 11.2. The van der Waals surface area contributed by atoms with E-state index in [1.807, 2.05) is 6.08 Å². The van der Waals surface area contributed by atoms with Crippen molar-refractivity contribution in [2.24, 2.45) is 11.8 Å². The van der Waals surface area contributed by atoms with Gasteiger partial charge in [0.1, 0.15) is 5.78 Å². The highest BCUT2D eigenvalue weighted by Gasteiger charge is 2.22. The molecule has 0 heterocycles. The number of rotatable bonds is 2. The summed E-state index contributed by atoms with van der Waals surface area (Å²) in [6, 6.07) is 2.06. The molecule has 0 bridgehead atoms. The van der Waals surface area contributed by atoms with Gasteiger partial charge < -0.3 is 0 Å². The van der Waals surface area contributed by atoms with E-state index in [1.165, 1.54) is 0 Å². The fraction of sp³-hybridized carbons (Fsp3) is 0.455. The first-order chi connectivity index (χ1) is 6.19. The second-order valence-corrected chi connectivity index (χ2v) is 3.30. The number of carbonyl (C=O) groups excluding carboxylic acids is 1. The Labute approximate surface area is 78.6 Å². The van der Waals surface area contributed by atoms with E-state index in [2.05, 4.69) is 13.0 Å². The van der Waals surface area contributed by atoms with Crippen molar-refractivity contribution in [1.29, 1.82) is 5.26 Å². The largest absolute Gasteiger partial charge is 0.299 e. The third kappa shape index (κ3) is 2.06. The number of carbonyl (C=O) groups is 1. The van der Waals surface area contributed by atoms with Gasteiger partial charge in [-0.05, 0) is 25.3 Å². The predicted octanol–water partition coefficient (Wildman–Crippen LogP) is 2.24. The van der Waals surface area contributed by atoms with Gasteiger partial charge in [-0.25, -0.2) is 0 Å². The number of ketones is 1. The lowest BCUT2D eigenvalue weighted by molar-refractivity contribution is -0.120. The van der Waals surface area contributed by atoms with Crippen molar-refractivity contribution in [1.82, 2.24) is 0 Å². The molecule has 1 aliphatic rings. The molecule has 13 heavy (non-hydrogen) atoms. The summed E-state index contributed by atoms with van der Waals surface area (Å²) in [7, 11) is 0. The molecular formula is C11H13NO. The molecule has 0 aromatic heterocycles. The summed E-state index contributed by atoms with van der Waals surface area (Å²) in [5.41, 5.74) is 0.602. The van der Waals surface area contributed by atoms with E-state index in [0.29, 0.717) is 5.57 Å². The van der Waals surface area contributed by atoms with Gasteiger partial charge in [-0.1, -0.05) is 19.1 Å². The Balaban J connectivity index is 2.90. The lowest BCUT2D eigenvalue weighted by atomic mass is 9.82. The second kappa shape index (κ2) is 4.04. The third-order valence-corrected chi connectivity index (χ3v) is 2.41. The standard InChI is InChI=1S/C11H13NO/c1-3-10-5-4-9(7-12)6-11(10)8(2)13/h4-6,10-11H,3H2,1-2H3. The van der Waals surface area contributed by atoms with Crippen molar-refractivity contribution >= 4 is 5.78 Å². The van der Waals surface area contributed by atoms with Crippen LogP contribution < -0.4 is 0 Å². The van der Waals surface area contributed by atoms with E-state index < -0.39 is 0 Å². The number of nitrogens with zero attached hydrogens (tertiary/aromatic N) is 1. The van der Waals surface area contributed by atoms with Gasteiger partial charge in [0.05, 0.1) is 6.07 Å². The SMILES string of the molecule is CCC1C=CC(C#N)=CC1C(C)=O. The van der Waals surface area contributed by atoms with Gasteiger partial charge in [-0.3, -0.25) is 4.79 Å². The minimum absolute atomic E-state index is 0.0929. The monoisotopic (exact) mass is 175 g/mol. The molecule has 0 aliphatic heterocycles. The Hall–Kier alpha value is -1.36. The summed E-state index contributed by atoms with van der Waals surface area (Å²) in [4.78, 5) is 11.2. The van der Waals surface area contributed by atoms with Crippen molar-refractivity contribution in [3.05, 3.63) is 23.8 Å². The third-order valence-electron chi connectivity index (χ3n) is 2.41. The second-order valence-electron chi connectivity index (χ2n) is 3.30. The van der Waals surface area contributed by atoms with Crippen molar-refractivity contribution in [3.8, 4) is 6.07 Å². The topological polar surface area (TPSA) is 40.9 Å². The van der Waals surface area contributed by atoms with Gasteiger partial charge in [-0.15, -0.1) is 0 Å². The molecule has 2 atom stereocenters. The Morgan fingerprint density at radius 2 is 2.38 bits per heavy atom. The highest BCUT2D eigenvalue weighted by Crippen LogP contribution is 2.25. The lowest BCUT2D eigenvalue weighted by Crippen LogP contribution is -2.20. The molecule has 0 fully saturated rings. The first-order valence-electron chi connectivity index (χ1n) is 4.49. The fourth-order valence-electron chi connectivity index (χ4n) is 1.60. The molecule has 0 aromatic carbocycles. The molecule has 1 aliphatic carbocycles. The zero-order valence-corrected chi connectivity index (χ0v) is 7.95. The van der Waals surface area contributed by atoms with Crippen LogP contribution in [-0.4, -0.2) is 5.78 Å². The van der Waals surface area contributed by atoms with Crippen molar-refractivity contribution in [2.75, 3.05) is 0 Å². The zero-order chi connectivity index (χ0) is 9.84. The van der Waals surface area contributed by atoms with Crippen LogP contribution in [0.4, 0.5) is 0 Å². The molecule has 0 aromatic rings. The van der Waals surface area contributed by atoms with Crippen molar-refractivity contribution in [2.45, 2.75) is 20.3 Å². The van der Waals surface area contributed by atoms with Gasteiger partial charge in [0.15, 0.2) is 0 Å². The Morgan fingerprint density at radius 3 is 2.85 bits per heavy atom. The van der Waals surface area contributed by atoms with E-state index >= 15 is 0 Å². The van der Waals surface area contributed by atoms with Gasteiger partial charge >= 0.3 is 0 Å². The smallest absolute Gasteiger partial charge is 0.137 e. The molecule has 2 heteroatoms. The first kappa shape index (κ1) is 9.73. The summed E-state index contributed by atoms with van der Waals surface area (Å²) in [5, 5.41) is 8.67. The summed E-state index contributed by atoms with van der Waals surface area (Å²) >= 11 is 0. The summed E-state index contributed by atoms with van der Waals surface area (Å²) < 4.78 is 0. The summed E-state index contributed by atoms with van der Waals surface area (Å²) in [6.45, 7) is 3.63. The van der Waals surface area contributed by atoms with E-state index in [0.717, 1.165) is 6.42 Å². The molecule has 0 N–H and O–H groups in total. The maximum Gasteiger partial charge on any atom is 0.137 e. The number of hydrogen-bond donors (Lipinski definition) is 0. The van der Waals surface area contributed by atoms with Crippen molar-refractivity contribution in [3.63, 3.8) is 0 Å². The van der Waals surface area contributed by atoms with Crippen LogP contribution in [0.25, 0.3) is 0 Å². The van der Waals surface area contributed by atoms with Crippen LogP contribution in [0.15, 0.2) is 23.8 Å². The highest BCUT2D eigenvalue weighted by atomic mass is 16.1. The molecule has 0 radical (unpaired) electrons. The quantitative estimate of drug-likeness (QED) is 0.645. The van der Waals surface area contributed by atoms with E-state index in [-0.39, 0.29) is 17.6 Å². The lowest BCUT2D eigenvalue weighted by Gasteiger charge is -2.20. The van der Waals surface area contributed by atoms with Crippen LogP contribution in [-0.2, 0) is 4.79 Å². The Bertz CT molecular complexity index is 307. The van der Waals surface area contributed by atoms with Crippen LogP contribution >= 0.6 is 0 Å². The van der Waals surface area contributed by atoms with E-state index in [9.17, 15) is 4.79 Å². The number of nitriles is 1. The van der Waals surface area contributed by atoms with Crippen LogP contribution in [0.5, 0.6) is 0 Å².